The van der Waals surface area contributed by atoms with Gasteiger partial charge in [0, 0.05) is 32.1 Å². The number of nitrogens with zero attached hydrogens (tertiary/aromatic N) is 5. The second-order valence-electron chi connectivity index (χ2n) is 4.16. The molecule has 0 amide bonds. The molecule has 0 saturated carbocycles. The van der Waals surface area contributed by atoms with Gasteiger partial charge in [-0.25, -0.2) is 4.68 Å². The molecule has 2 aromatic rings. The van der Waals surface area contributed by atoms with E-state index in [2.05, 4.69) is 37.6 Å². The van der Waals surface area contributed by atoms with Crippen molar-refractivity contribution in [3.63, 3.8) is 0 Å². The van der Waals surface area contributed by atoms with Crippen LogP contribution >= 0.6 is 0 Å². The van der Waals surface area contributed by atoms with Crippen LogP contribution in [0.25, 0.3) is 5.95 Å². The lowest BCUT2D eigenvalue weighted by Gasteiger charge is -2.09. The Bertz CT molecular complexity index is 515. The quantitative estimate of drug-likeness (QED) is 0.610. The van der Waals surface area contributed by atoms with E-state index in [0.717, 1.165) is 13.0 Å². The van der Waals surface area contributed by atoms with Crippen LogP contribution in [0.15, 0.2) is 18.5 Å². The summed E-state index contributed by atoms with van der Waals surface area (Å²) < 4.78 is 1.58. The summed E-state index contributed by atoms with van der Waals surface area (Å²) in [4.78, 5) is 12.9. The van der Waals surface area contributed by atoms with Crippen molar-refractivity contribution in [2.45, 2.75) is 19.8 Å². The van der Waals surface area contributed by atoms with E-state index in [9.17, 15) is 0 Å². The molecule has 2 rings (SSSR count). The largest absolute Gasteiger partial charge is 0.396 e. The number of aromatic nitrogens is 5. The van der Waals surface area contributed by atoms with E-state index in [0.29, 0.717) is 30.8 Å². The first-order valence-corrected chi connectivity index (χ1v) is 6.68. The van der Waals surface area contributed by atoms with Crippen molar-refractivity contribution in [2.24, 2.45) is 0 Å². The smallest absolute Gasteiger partial charge is 0.257 e. The Kier molecular flexibility index (Phi) is 5.24. The first-order valence-electron chi connectivity index (χ1n) is 6.68. The fraction of sp³-hybridized carbons (Fsp3) is 0.500. The molecule has 0 saturated heterocycles. The number of hydrogen-bond acceptors (Lipinski definition) is 7. The zero-order valence-electron chi connectivity index (χ0n) is 11.5. The van der Waals surface area contributed by atoms with E-state index in [1.54, 1.807) is 17.1 Å². The maximum atomic E-state index is 8.80. The van der Waals surface area contributed by atoms with Gasteiger partial charge in [-0.15, -0.1) is 0 Å². The monoisotopic (exact) mass is 277 g/mol. The number of aliphatic hydroxyl groups excluding tert-OH is 1. The van der Waals surface area contributed by atoms with Crippen LogP contribution in [-0.4, -0.2) is 49.5 Å². The first-order chi connectivity index (χ1) is 9.83. The SMILES string of the molecule is CCCNc1nc(NCCCO)nc(-n2cccn2)n1. The van der Waals surface area contributed by atoms with Crippen LogP contribution in [0, 0.1) is 0 Å². The van der Waals surface area contributed by atoms with Gasteiger partial charge < -0.3 is 15.7 Å². The van der Waals surface area contributed by atoms with Crippen molar-refractivity contribution in [3.05, 3.63) is 18.5 Å². The molecule has 0 atom stereocenters. The lowest BCUT2D eigenvalue weighted by Crippen LogP contribution is -2.14. The van der Waals surface area contributed by atoms with Gasteiger partial charge in [-0.3, -0.25) is 0 Å². The highest BCUT2D eigenvalue weighted by atomic mass is 16.3. The fourth-order valence-electron chi connectivity index (χ4n) is 1.53. The van der Waals surface area contributed by atoms with Crippen LogP contribution in [0.2, 0.25) is 0 Å². The molecule has 0 aliphatic carbocycles. The van der Waals surface area contributed by atoms with E-state index in [4.69, 9.17) is 5.11 Å². The Balaban J connectivity index is 2.19. The Hall–Kier alpha value is -2.22. The first kappa shape index (κ1) is 14.2. The van der Waals surface area contributed by atoms with Gasteiger partial charge in [-0.2, -0.15) is 20.1 Å². The predicted molar refractivity (Wildman–Crippen MR) is 75.9 cm³/mol. The van der Waals surface area contributed by atoms with Gasteiger partial charge in [0.15, 0.2) is 0 Å². The summed E-state index contributed by atoms with van der Waals surface area (Å²) in [6.07, 6.45) is 5.06. The summed E-state index contributed by atoms with van der Waals surface area (Å²) in [7, 11) is 0. The summed E-state index contributed by atoms with van der Waals surface area (Å²) in [5.41, 5.74) is 0. The third kappa shape index (κ3) is 3.89. The van der Waals surface area contributed by atoms with E-state index in [-0.39, 0.29) is 6.61 Å². The average Bonchev–Trinajstić information content (AvgIpc) is 2.99. The molecule has 0 unspecified atom stereocenters. The van der Waals surface area contributed by atoms with Crippen LogP contribution in [0.5, 0.6) is 0 Å². The van der Waals surface area contributed by atoms with Crippen molar-refractivity contribution in [3.8, 4) is 5.95 Å². The minimum atomic E-state index is 0.130. The number of anilines is 2. The molecule has 20 heavy (non-hydrogen) atoms. The zero-order chi connectivity index (χ0) is 14.2. The molecule has 0 aliphatic heterocycles. The molecule has 3 N–H and O–H groups in total. The molecule has 0 radical (unpaired) electrons. The minimum absolute atomic E-state index is 0.130. The van der Waals surface area contributed by atoms with Gasteiger partial charge >= 0.3 is 0 Å². The lowest BCUT2D eigenvalue weighted by molar-refractivity contribution is 0.292. The molecular weight excluding hydrogens is 258 g/mol. The van der Waals surface area contributed by atoms with Gasteiger partial charge in [0.1, 0.15) is 0 Å². The molecule has 0 aromatic carbocycles. The Morgan fingerprint density at radius 2 is 1.90 bits per heavy atom. The van der Waals surface area contributed by atoms with Crippen molar-refractivity contribution < 1.29 is 5.11 Å². The topological polar surface area (TPSA) is 101 Å². The van der Waals surface area contributed by atoms with Crippen LogP contribution in [-0.2, 0) is 0 Å². The Labute approximate surface area is 117 Å². The molecule has 0 spiro atoms. The van der Waals surface area contributed by atoms with Crippen LogP contribution < -0.4 is 10.6 Å². The van der Waals surface area contributed by atoms with Crippen LogP contribution in [0.4, 0.5) is 11.9 Å². The zero-order valence-corrected chi connectivity index (χ0v) is 11.5. The molecule has 8 nitrogen and oxygen atoms in total. The fourth-order valence-corrected chi connectivity index (χ4v) is 1.53. The number of aliphatic hydroxyl groups is 1. The third-order valence-electron chi connectivity index (χ3n) is 2.48. The van der Waals surface area contributed by atoms with Gasteiger partial charge in [-0.05, 0) is 18.9 Å². The van der Waals surface area contributed by atoms with E-state index in [1.165, 1.54) is 0 Å². The maximum absolute atomic E-state index is 8.80. The van der Waals surface area contributed by atoms with Gasteiger partial charge in [0.25, 0.3) is 5.95 Å². The molecule has 0 aliphatic rings. The lowest BCUT2D eigenvalue weighted by atomic mass is 10.4. The van der Waals surface area contributed by atoms with E-state index >= 15 is 0 Å². The highest BCUT2D eigenvalue weighted by molar-refractivity contribution is 5.37. The minimum Gasteiger partial charge on any atom is -0.396 e. The van der Waals surface area contributed by atoms with Crippen LogP contribution in [0.3, 0.4) is 0 Å². The highest BCUT2D eigenvalue weighted by Crippen LogP contribution is 2.08. The average molecular weight is 277 g/mol. The number of rotatable bonds is 8. The molecule has 0 bridgehead atoms. The Morgan fingerprint density at radius 3 is 2.50 bits per heavy atom. The molecule has 0 fully saturated rings. The predicted octanol–water partition coefficient (Wildman–Crippen LogP) is 0.673. The standard InChI is InChI=1S/C12H19N7O/c1-2-5-13-10-16-11(14-6-4-9-20)18-12(17-10)19-8-3-7-15-19/h3,7-8,20H,2,4-6,9H2,1H3,(H2,13,14,16,17,18). The number of hydrogen-bond donors (Lipinski definition) is 3. The van der Waals surface area contributed by atoms with Crippen LogP contribution in [0.1, 0.15) is 19.8 Å². The van der Waals surface area contributed by atoms with Gasteiger partial charge in [-0.1, -0.05) is 6.92 Å². The summed E-state index contributed by atoms with van der Waals surface area (Å²) in [5.74, 6) is 1.44. The maximum Gasteiger partial charge on any atom is 0.257 e. The molecule has 8 heteroatoms. The van der Waals surface area contributed by atoms with Crippen molar-refractivity contribution in [1.82, 2.24) is 24.7 Å². The normalized spacial score (nSPS) is 10.5. The summed E-state index contributed by atoms with van der Waals surface area (Å²) >= 11 is 0. The summed E-state index contributed by atoms with van der Waals surface area (Å²) in [5, 5.41) is 19.1. The van der Waals surface area contributed by atoms with Gasteiger partial charge in [0.05, 0.1) is 0 Å². The van der Waals surface area contributed by atoms with Crippen molar-refractivity contribution >= 4 is 11.9 Å². The van der Waals surface area contributed by atoms with Crippen molar-refractivity contribution in [1.29, 1.82) is 0 Å². The molecule has 108 valence electrons. The molecular formula is C12H19N7O. The van der Waals surface area contributed by atoms with Gasteiger partial charge in [0.2, 0.25) is 11.9 Å². The number of nitrogens with one attached hydrogen (secondary N) is 2. The third-order valence-corrected chi connectivity index (χ3v) is 2.48. The summed E-state index contributed by atoms with van der Waals surface area (Å²) in [6, 6.07) is 1.81. The molecule has 2 heterocycles. The van der Waals surface area contributed by atoms with Crippen molar-refractivity contribution in [2.75, 3.05) is 30.3 Å². The Morgan fingerprint density at radius 1 is 1.15 bits per heavy atom. The molecule has 2 aromatic heterocycles. The highest BCUT2D eigenvalue weighted by Gasteiger charge is 2.07. The van der Waals surface area contributed by atoms with E-state index in [1.807, 2.05) is 6.07 Å². The summed E-state index contributed by atoms with van der Waals surface area (Å²) in [6.45, 7) is 3.60. The van der Waals surface area contributed by atoms with E-state index < -0.39 is 0 Å². The second-order valence-corrected chi connectivity index (χ2v) is 4.16. The second kappa shape index (κ2) is 7.39.